The van der Waals surface area contributed by atoms with Gasteiger partial charge in [0, 0.05) is 5.54 Å². The minimum Gasteiger partial charge on any atom is -0.317 e. The molecular formula is C15H30N2. The van der Waals surface area contributed by atoms with Gasteiger partial charge >= 0.3 is 0 Å². The summed E-state index contributed by atoms with van der Waals surface area (Å²) in [6.45, 7) is 12.3. The maximum absolute atomic E-state index is 3.53. The standard InChI is InChI=1S/C15H30N2/c1-13(2)12-15(6-8-16-9-7-15)17-10-4-14(3)5-11-17/h13-14,16H,4-12H2,1-3H3. The van der Waals surface area contributed by atoms with Gasteiger partial charge < -0.3 is 5.32 Å². The maximum Gasteiger partial charge on any atom is 0.0236 e. The van der Waals surface area contributed by atoms with Crippen LogP contribution in [0.4, 0.5) is 0 Å². The molecule has 17 heavy (non-hydrogen) atoms. The first-order valence-electron chi connectivity index (χ1n) is 7.58. The molecule has 0 unspecified atom stereocenters. The van der Waals surface area contributed by atoms with Crippen molar-refractivity contribution in [3.63, 3.8) is 0 Å². The van der Waals surface area contributed by atoms with E-state index in [2.05, 4.69) is 31.0 Å². The Hall–Kier alpha value is -0.0800. The van der Waals surface area contributed by atoms with Crippen LogP contribution >= 0.6 is 0 Å². The van der Waals surface area contributed by atoms with E-state index in [1.54, 1.807) is 0 Å². The van der Waals surface area contributed by atoms with Crippen LogP contribution < -0.4 is 5.32 Å². The Labute approximate surface area is 107 Å². The summed E-state index contributed by atoms with van der Waals surface area (Å²) in [5, 5.41) is 3.53. The highest BCUT2D eigenvalue weighted by molar-refractivity contribution is 4.96. The molecule has 100 valence electrons. The number of likely N-dealkylation sites (tertiary alicyclic amines) is 1. The van der Waals surface area contributed by atoms with Gasteiger partial charge in [0.2, 0.25) is 0 Å². The fraction of sp³-hybridized carbons (Fsp3) is 1.00. The van der Waals surface area contributed by atoms with Gasteiger partial charge in [0.1, 0.15) is 0 Å². The Bertz CT molecular complexity index is 223. The van der Waals surface area contributed by atoms with Crippen LogP contribution in [-0.2, 0) is 0 Å². The summed E-state index contributed by atoms with van der Waals surface area (Å²) < 4.78 is 0. The van der Waals surface area contributed by atoms with E-state index in [9.17, 15) is 0 Å². The zero-order valence-electron chi connectivity index (χ0n) is 12.0. The molecule has 0 aromatic rings. The average molecular weight is 238 g/mol. The minimum absolute atomic E-state index is 0.527. The van der Waals surface area contributed by atoms with Gasteiger partial charge in [-0.1, -0.05) is 20.8 Å². The van der Waals surface area contributed by atoms with Crippen LogP contribution in [0.25, 0.3) is 0 Å². The molecular weight excluding hydrogens is 208 g/mol. The van der Waals surface area contributed by atoms with Crippen LogP contribution in [0.3, 0.4) is 0 Å². The lowest BCUT2D eigenvalue weighted by Gasteiger charge is -2.50. The van der Waals surface area contributed by atoms with E-state index < -0.39 is 0 Å². The molecule has 0 spiro atoms. The second-order valence-electron chi connectivity index (χ2n) is 6.74. The van der Waals surface area contributed by atoms with Crippen molar-refractivity contribution >= 4 is 0 Å². The van der Waals surface area contributed by atoms with Crippen LogP contribution in [0.2, 0.25) is 0 Å². The van der Waals surface area contributed by atoms with E-state index in [1.807, 2.05) is 0 Å². The van der Waals surface area contributed by atoms with Crippen LogP contribution in [0.1, 0.15) is 52.9 Å². The monoisotopic (exact) mass is 238 g/mol. The Morgan fingerprint density at radius 1 is 1.18 bits per heavy atom. The molecule has 2 rings (SSSR count). The first-order valence-corrected chi connectivity index (χ1v) is 7.58. The molecule has 2 aliphatic rings. The lowest BCUT2D eigenvalue weighted by molar-refractivity contribution is 0.0125. The SMILES string of the molecule is CC(C)CC1(N2CCC(C)CC2)CCNCC1. The van der Waals surface area contributed by atoms with E-state index in [0.29, 0.717) is 5.54 Å². The summed E-state index contributed by atoms with van der Waals surface area (Å²) in [5.74, 6) is 1.77. The van der Waals surface area contributed by atoms with Crippen molar-refractivity contribution in [3.8, 4) is 0 Å². The normalized spacial score (nSPS) is 27.5. The molecule has 2 nitrogen and oxygen atoms in total. The fourth-order valence-electron chi connectivity index (χ4n) is 3.78. The van der Waals surface area contributed by atoms with Crippen molar-refractivity contribution < 1.29 is 0 Å². The summed E-state index contributed by atoms with van der Waals surface area (Å²) in [5.41, 5.74) is 0.527. The quantitative estimate of drug-likeness (QED) is 0.813. The van der Waals surface area contributed by atoms with E-state index >= 15 is 0 Å². The molecule has 1 N–H and O–H groups in total. The molecule has 0 bridgehead atoms. The molecule has 2 heterocycles. The van der Waals surface area contributed by atoms with E-state index in [1.165, 1.54) is 58.3 Å². The summed E-state index contributed by atoms with van der Waals surface area (Å²) >= 11 is 0. The van der Waals surface area contributed by atoms with Crippen molar-refractivity contribution in [1.29, 1.82) is 0 Å². The van der Waals surface area contributed by atoms with Crippen molar-refractivity contribution in [2.45, 2.75) is 58.4 Å². The molecule has 2 heteroatoms. The Kier molecular flexibility index (Phi) is 4.48. The van der Waals surface area contributed by atoms with Gasteiger partial charge in [0.15, 0.2) is 0 Å². The van der Waals surface area contributed by atoms with Gasteiger partial charge in [-0.25, -0.2) is 0 Å². The lowest BCUT2D eigenvalue weighted by atomic mass is 9.78. The Balaban J connectivity index is 2.03. The molecule has 2 saturated heterocycles. The van der Waals surface area contributed by atoms with Gasteiger partial charge in [0.05, 0.1) is 0 Å². The largest absolute Gasteiger partial charge is 0.317 e. The summed E-state index contributed by atoms with van der Waals surface area (Å²) in [4.78, 5) is 2.84. The third-order valence-corrected chi connectivity index (χ3v) is 4.78. The highest BCUT2D eigenvalue weighted by atomic mass is 15.2. The lowest BCUT2D eigenvalue weighted by Crippen LogP contribution is -2.57. The second-order valence-corrected chi connectivity index (χ2v) is 6.74. The molecule has 0 amide bonds. The summed E-state index contributed by atoms with van der Waals surface area (Å²) in [7, 11) is 0. The third-order valence-electron chi connectivity index (χ3n) is 4.78. The minimum atomic E-state index is 0.527. The van der Waals surface area contributed by atoms with E-state index in [-0.39, 0.29) is 0 Å². The number of nitrogens with one attached hydrogen (secondary N) is 1. The first kappa shape index (κ1) is 13.4. The van der Waals surface area contributed by atoms with Crippen LogP contribution in [0.5, 0.6) is 0 Å². The summed E-state index contributed by atoms with van der Waals surface area (Å²) in [6.07, 6.45) is 6.93. The number of nitrogens with zero attached hydrogens (tertiary/aromatic N) is 1. The van der Waals surface area contributed by atoms with Crippen LogP contribution in [0, 0.1) is 11.8 Å². The smallest absolute Gasteiger partial charge is 0.0236 e. The predicted octanol–water partition coefficient (Wildman–Crippen LogP) is 2.89. The Morgan fingerprint density at radius 2 is 1.76 bits per heavy atom. The fourth-order valence-corrected chi connectivity index (χ4v) is 3.78. The maximum atomic E-state index is 3.53. The zero-order chi connectivity index (χ0) is 12.3. The first-order chi connectivity index (χ1) is 8.12. The zero-order valence-corrected chi connectivity index (χ0v) is 12.0. The van der Waals surface area contributed by atoms with Crippen molar-refractivity contribution in [3.05, 3.63) is 0 Å². The molecule has 0 aliphatic carbocycles. The van der Waals surface area contributed by atoms with Gasteiger partial charge in [-0.3, -0.25) is 4.90 Å². The molecule has 0 aromatic carbocycles. The number of piperidine rings is 2. The molecule has 2 aliphatic heterocycles. The summed E-state index contributed by atoms with van der Waals surface area (Å²) in [6, 6.07) is 0. The second kappa shape index (κ2) is 5.71. The third kappa shape index (κ3) is 3.23. The Morgan fingerprint density at radius 3 is 2.29 bits per heavy atom. The van der Waals surface area contributed by atoms with E-state index in [4.69, 9.17) is 0 Å². The van der Waals surface area contributed by atoms with Gasteiger partial charge in [-0.2, -0.15) is 0 Å². The molecule has 0 aromatic heterocycles. The predicted molar refractivity (Wildman–Crippen MR) is 74.3 cm³/mol. The average Bonchev–Trinajstić information content (AvgIpc) is 2.30. The van der Waals surface area contributed by atoms with Crippen LogP contribution in [0.15, 0.2) is 0 Å². The highest BCUT2D eigenvalue weighted by Crippen LogP contribution is 2.35. The van der Waals surface area contributed by atoms with Gasteiger partial charge in [0.25, 0.3) is 0 Å². The van der Waals surface area contributed by atoms with E-state index in [0.717, 1.165) is 11.8 Å². The van der Waals surface area contributed by atoms with Gasteiger partial charge in [-0.15, -0.1) is 0 Å². The van der Waals surface area contributed by atoms with Crippen molar-refractivity contribution in [2.24, 2.45) is 11.8 Å². The highest BCUT2D eigenvalue weighted by Gasteiger charge is 2.39. The topological polar surface area (TPSA) is 15.3 Å². The number of rotatable bonds is 3. The van der Waals surface area contributed by atoms with Crippen molar-refractivity contribution in [2.75, 3.05) is 26.2 Å². The number of hydrogen-bond donors (Lipinski definition) is 1. The van der Waals surface area contributed by atoms with Crippen LogP contribution in [-0.4, -0.2) is 36.6 Å². The molecule has 2 fully saturated rings. The molecule has 0 radical (unpaired) electrons. The molecule has 0 atom stereocenters. The molecule has 0 saturated carbocycles. The van der Waals surface area contributed by atoms with Crippen molar-refractivity contribution in [1.82, 2.24) is 10.2 Å². The number of hydrogen-bond acceptors (Lipinski definition) is 2. The van der Waals surface area contributed by atoms with Gasteiger partial charge in [-0.05, 0) is 70.1 Å².